The summed E-state index contributed by atoms with van der Waals surface area (Å²) in [7, 11) is 0. The van der Waals surface area contributed by atoms with Crippen molar-refractivity contribution in [2.45, 2.75) is 20.4 Å². The Morgan fingerprint density at radius 2 is 2.13 bits per heavy atom. The van der Waals surface area contributed by atoms with Crippen molar-refractivity contribution in [3.05, 3.63) is 63.3 Å². The standard InChI is InChI=1S/C17H15ClN2O2S/c1-10-6-7-14(22-10)17-20-11(2)15(23-17)16(21)19-9-12-4-3-5-13(18)8-12/h3-8H,9H2,1-2H3,(H,19,21). The molecule has 2 aromatic heterocycles. The molecule has 0 unspecified atom stereocenters. The summed E-state index contributed by atoms with van der Waals surface area (Å²) in [6.07, 6.45) is 0. The van der Waals surface area contributed by atoms with E-state index in [4.69, 9.17) is 16.0 Å². The van der Waals surface area contributed by atoms with Crippen LogP contribution in [0.15, 0.2) is 40.8 Å². The Balaban J connectivity index is 1.73. The highest BCUT2D eigenvalue weighted by Gasteiger charge is 2.17. The van der Waals surface area contributed by atoms with E-state index < -0.39 is 0 Å². The topological polar surface area (TPSA) is 55.1 Å². The molecule has 1 aromatic carbocycles. The first kappa shape index (κ1) is 15.8. The maximum absolute atomic E-state index is 12.4. The van der Waals surface area contributed by atoms with E-state index in [1.165, 1.54) is 11.3 Å². The first-order valence-corrected chi connectivity index (χ1v) is 8.29. The zero-order chi connectivity index (χ0) is 16.4. The summed E-state index contributed by atoms with van der Waals surface area (Å²) in [6.45, 7) is 4.12. The number of hydrogen-bond acceptors (Lipinski definition) is 4. The number of furan rings is 1. The van der Waals surface area contributed by atoms with Crippen LogP contribution in [0.5, 0.6) is 0 Å². The summed E-state index contributed by atoms with van der Waals surface area (Å²) >= 11 is 7.27. The van der Waals surface area contributed by atoms with Gasteiger partial charge < -0.3 is 9.73 Å². The Morgan fingerprint density at radius 3 is 2.83 bits per heavy atom. The normalized spacial score (nSPS) is 10.7. The molecule has 6 heteroatoms. The summed E-state index contributed by atoms with van der Waals surface area (Å²) < 4.78 is 5.56. The summed E-state index contributed by atoms with van der Waals surface area (Å²) in [4.78, 5) is 17.4. The largest absolute Gasteiger partial charge is 0.459 e. The number of amides is 1. The average molecular weight is 347 g/mol. The molecule has 0 saturated carbocycles. The zero-order valence-corrected chi connectivity index (χ0v) is 14.3. The van der Waals surface area contributed by atoms with Crippen LogP contribution in [-0.2, 0) is 6.54 Å². The highest BCUT2D eigenvalue weighted by molar-refractivity contribution is 7.17. The van der Waals surface area contributed by atoms with E-state index in [1.54, 1.807) is 6.07 Å². The summed E-state index contributed by atoms with van der Waals surface area (Å²) in [5.74, 6) is 1.36. The summed E-state index contributed by atoms with van der Waals surface area (Å²) in [5.41, 5.74) is 1.65. The number of hydrogen-bond donors (Lipinski definition) is 1. The van der Waals surface area contributed by atoms with Crippen LogP contribution in [0.3, 0.4) is 0 Å². The van der Waals surface area contributed by atoms with E-state index in [0.717, 1.165) is 11.3 Å². The van der Waals surface area contributed by atoms with Crippen molar-refractivity contribution < 1.29 is 9.21 Å². The second kappa shape index (κ2) is 6.56. The van der Waals surface area contributed by atoms with E-state index in [-0.39, 0.29) is 5.91 Å². The first-order valence-electron chi connectivity index (χ1n) is 7.10. The molecule has 118 valence electrons. The van der Waals surface area contributed by atoms with E-state index in [1.807, 2.05) is 44.2 Å². The number of thiazole rings is 1. The minimum absolute atomic E-state index is 0.144. The predicted octanol–water partition coefficient (Wildman–Crippen LogP) is 4.60. The second-order valence-electron chi connectivity index (χ2n) is 5.16. The van der Waals surface area contributed by atoms with Gasteiger partial charge in [-0.2, -0.15) is 0 Å². The number of nitrogens with zero attached hydrogens (tertiary/aromatic N) is 1. The third-order valence-corrected chi connectivity index (χ3v) is 4.70. The molecule has 0 spiro atoms. The maximum atomic E-state index is 12.4. The van der Waals surface area contributed by atoms with E-state index in [0.29, 0.717) is 32.9 Å². The molecule has 3 rings (SSSR count). The molecule has 0 saturated heterocycles. The first-order chi connectivity index (χ1) is 11.0. The molecule has 0 aliphatic rings. The molecular weight excluding hydrogens is 332 g/mol. The fourth-order valence-corrected chi connectivity index (χ4v) is 3.33. The molecule has 23 heavy (non-hydrogen) atoms. The van der Waals surface area contributed by atoms with Gasteiger partial charge in [0.2, 0.25) is 0 Å². The van der Waals surface area contributed by atoms with Gasteiger partial charge in [-0.1, -0.05) is 23.7 Å². The van der Waals surface area contributed by atoms with Gasteiger partial charge in [-0.15, -0.1) is 11.3 Å². The average Bonchev–Trinajstić information content (AvgIpc) is 3.11. The van der Waals surface area contributed by atoms with Gasteiger partial charge >= 0.3 is 0 Å². The molecule has 0 radical (unpaired) electrons. The smallest absolute Gasteiger partial charge is 0.263 e. The van der Waals surface area contributed by atoms with Gasteiger partial charge in [-0.3, -0.25) is 4.79 Å². The van der Waals surface area contributed by atoms with Crippen LogP contribution in [0.2, 0.25) is 5.02 Å². The van der Waals surface area contributed by atoms with Crippen molar-refractivity contribution in [1.82, 2.24) is 10.3 Å². The fourth-order valence-electron chi connectivity index (χ4n) is 2.17. The van der Waals surface area contributed by atoms with Gasteiger partial charge in [0.1, 0.15) is 10.6 Å². The maximum Gasteiger partial charge on any atom is 0.263 e. The van der Waals surface area contributed by atoms with Crippen LogP contribution in [-0.4, -0.2) is 10.9 Å². The molecule has 0 bridgehead atoms. The van der Waals surface area contributed by atoms with Gasteiger partial charge in [0.05, 0.1) is 5.69 Å². The number of aryl methyl sites for hydroxylation is 2. The number of rotatable bonds is 4. The molecule has 2 heterocycles. The van der Waals surface area contributed by atoms with Gasteiger partial charge in [0.15, 0.2) is 10.8 Å². The lowest BCUT2D eigenvalue weighted by Gasteiger charge is -2.04. The second-order valence-corrected chi connectivity index (χ2v) is 6.59. The van der Waals surface area contributed by atoms with Gasteiger partial charge in [0.25, 0.3) is 5.91 Å². The number of nitrogens with one attached hydrogen (secondary N) is 1. The van der Waals surface area contributed by atoms with Gasteiger partial charge in [-0.05, 0) is 43.7 Å². The lowest BCUT2D eigenvalue weighted by Crippen LogP contribution is -2.22. The lowest BCUT2D eigenvalue weighted by atomic mass is 10.2. The van der Waals surface area contributed by atoms with Crippen LogP contribution in [0.25, 0.3) is 10.8 Å². The fraction of sp³-hybridized carbons (Fsp3) is 0.176. The van der Waals surface area contributed by atoms with Crippen LogP contribution in [0.4, 0.5) is 0 Å². The van der Waals surface area contributed by atoms with E-state index in [2.05, 4.69) is 10.3 Å². The van der Waals surface area contributed by atoms with Crippen LogP contribution in [0.1, 0.15) is 26.7 Å². The molecule has 0 aliphatic carbocycles. The van der Waals surface area contributed by atoms with Crippen molar-refractivity contribution >= 4 is 28.8 Å². The van der Waals surface area contributed by atoms with E-state index in [9.17, 15) is 4.79 Å². The summed E-state index contributed by atoms with van der Waals surface area (Å²) in [6, 6.07) is 11.2. The van der Waals surface area contributed by atoms with Crippen molar-refractivity contribution in [3.63, 3.8) is 0 Å². The molecule has 0 atom stereocenters. The number of carbonyl (C=O) groups is 1. The predicted molar refractivity (Wildman–Crippen MR) is 91.9 cm³/mol. The molecule has 3 aromatic rings. The Kier molecular flexibility index (Phi) is 4.50. The van der Waals surface area contributed by atoms with Gasteiger partial charge in [0, 0.05) is 11.6 Å². The number of aromatic nitrogens is 1. The Bertz CT molecular complexity index is 854. The monoisotopic (exact) mass is 346 g/mol. The van der Waals surface area contributed by atoms with Crippen molar-refractivity contribution in [2.24, 2.45) is 0 Å². The van der Waals surface area contributed by atoms with Crippen LogP contribution >= 0.6 is 22.9 Å². The highest BCUT2D eigenvalue weighted by atomic mass is 35.5. The highest BCUT2D eigenvalue weighted by Crippen LogP contribution is 2.29. The van der Waals surface area contributed by atoms with Crippen LogP contribution < -0.4 is 5.32 Å². The minimum atomic E-state index is -0.144. The minimum Gasteiger partial charge on any atom is -0.459 e. The van der Waals surface area contributed by atoms with Crippen molar-refractivity contribution in [1.29, 1.82) is 0 Å². The quantitative estimate of drug-likeness (QED) is 0.750. The lowest BCUT2D eigenvalue weighted by molar-refractivity contribution is 0.0954. The number of carbonyl (C=O) groups excluding carboxylic acids is 1. The third kappa shape index (κ3) is 3.63. The molecule has 1 N–H and O–H groups in total. The Labute approximate surface area is 143 Å². The molecule has 1 amide bonds. The molecule has 4 nitrogen and oxygen atoms in total. The Hall–Kier alpha value is -2.11. The molecule has 0 fully saturated rings. The number of halogens is 1. The van der Waals surface area contributed by atoms with Crippen molar-refractivity contribution in [2.75, 3.05) is 0 Å². The SMILES string of the molecule is Cc1ccc(-c2nc(C)c(C(=O)NCc3cccc(Cl)c3)s2)o1. The third-order valence-electron chi connectivity index (χ3n) is 3.30. The molecule has 0 aliphatic heterocycles. The van der Waals surface area contributed by atoms with Crippen molar-refractivity contribution in [3.8, 4) is 10.8 Å². The molecular formula is C17H15ClN2O2S. The van der Waals surface area contributed by atoms with E-state index >= 15 is 0 Å². The zero-order valence-electron chi connectivity index (χ0n) is 12.7. The number of benzene rings is 1. The Morgan fingerprint density at radius 1 is 1.30 bits per heavy atom. The van der Waals surface area contributed by atoms with Crippen LogP contribution in [0, 0.1) is 13.8 Å². The van der Waals surface area contributed by atoms with Gasteiger partial charge in [-0.25, -0.2) is 4.98 Å². The summed E-state index contributed by atoms with van der Waals surface area (Å²) in [5, 5.41) is 4.26.